The number of benzene rings is 8. The molecule has 3 heteroatoms. The predicted molar refractivity (Wildman–Crippen MR) is 228 cm³/mol. The Balaban J connectivity index is 1.29. The van der Waals surface area contributed by atoms with Gasteiger partial charge in [-0.2, -0.15) is 0 Å². The van der Waals surface area contributed by atoms with Crippen molar-refractivity contribution in [2.45, 2.75) is 19.3 Å². The molecule has 258 valence electrons. The van der Waals surface area contributed by atoms with Crippen LogP contribution in [0.2, 0.25) is 0 Å². The predicted octanol–water partition coefficient (Wildman–Crippen LogP) is 14.0. The molecule has 1 aromatic heterocycles. The molecular weight excluding hydrogens is 655 g/mol. The van der Waals surface area contributed by atoms with Crippen LogP contribution in [0.5, 0.6) is 0 Å². The lowest BCUT2D eigenvalue weighted by molar-refractivity contribution is 0.630. The zero-order valence-corrected chi connectivity index (χ0v) is 30.4. The van der Waals surface area contributed by atoms with Crippen LogP contribution in [0.3, 0.4) is 0 Å². The molecule has 0 saturated heterocycles. The lowest BCUT2D eigenvalue weighted by Gasteiger charge is -2.35. The molecule has 0 fully saturated rings. The molecule has 10 rings (SSSR count). The molecule has 0 atom stereocenters. The van der Waals surface area contributed by atoms with Crippen LogP contribution < -0.4 is 9.80 Å². The minimum absolute atomic E-state index is 0.212. The molecule has 1 aliphatic rings. The lowest BCUT2D eigenvalue weighted by Crippen LogP contribution is -2.26. The number of hydrogen-bond donors (Lipinski definition) is 0. The van der Waals surface area contributed by atoms with Gasteiger partial charge in [-0.1, -0.05) is 123 Å². The van der Waals surface area contributed by atoms with Crippen LogP contribution in [0.4, 0.5) is 34.1 Å². The number of fused-ring (bicyclic) bond motifs is 5. The molecule has 0 aliphatic carbocycles. The smallest absolute Gasteiger partial charge is 0.0582 e. The maximum atomic E-state index is 2.49. The van der Waals surface area contributed by atoms with Gasteiger partial charge in [-0.05, 0) is 113 Å². The summed E-state index contributed by atoms with van der Waals surface area (Å²) in [5.41, 5.74) is 15.2. The molecule has 0 unspecified atom stereocenters. The number of nitrogens with zero attached hydrogens (tertiary/aromatic N) is 3. The summed E-state index contributed by atoms with van der Waals surface area (Å²) in [6, 6.07) is 72.5. The van der Waals surface area contributed by atoms with Crippen molar-refractivity contribution in [3.05, 3.63) is 211 Å². The minimum atomic E-state index is -0.212. The summed E-state index contributed by atoms with van der Waals surface area (Å²) in [5, 5.41) is 2.54. The first-order valence-electron chi connectivity index (χ1n) is 18.7. The van der Waals surface area contributed by atoms with Crippen LogP contribution in [0, 0.1) is 0 Å². The number of aromatic nitrogens is 1. The third-order valence-corrected chi connectivity index (χ3v) is 11.1. The van der Waals surface area contributed by atoms with Crippen LogP contribution in [-0.4, -0.2) is 4.57 Å². The van der Waals surface area contributed by atoms with E-state index in [0.717, 1.165) is 39.7 Å². The summed E-state index contributed by atoms with van der Waals surface area (Å²) < 4.78 is 2.49. The van der Waals surface area contributed by atoms with Gasteiger partial charge in [0.05, 0.1) is 16.7 Å². The average Bonchev–Trinajstić information content (AvgIpc) is 3.56. The summed E-state index contributed by atoms with van der Waals surface area (Å²) in [6.07, 6.45) is 0. The van der Waals surface area contributed by atoms with E-state index < -0.39 is 0 Å². The van der Waals surface area contributed by atoms with Crippen LogP contribution in [0.15, 0.2) is 200 Å². The van der Waals surface area contributed by atoms with Crippen molar-refractivity contribution >= 4 is 55.9 Å². The first-order chi connectivity index (χ1) is 26.6. The summed E-state index contributed by atoms with van der Waals surface area (Å²) in [5.74, 6) is 0. The van der Waals surface area contributed by atoms with Gasteiger partial charge in [0.2, 0.25) is 0 Å². The molecule has 9 aromatic rings. The van der Waals surface area contributed by atoms with Gasteiger partial charge in [0, 0.05) is 50.3 Å². The number of para-hydroxylation sites is 6. The second-order valence-corrected chi connectivity index (χ2v) is 14.7. The zero-order valence-electron chi connectivity index (χ0n) is 30.4. The van der Waals surface area contributed by atoms with E-state index >= 15 is 0 Å². The molecule has 0 amide bonds. The van der Waals surface area contributed by atoms with E-state index in [1.807, 2.05) is 0 Å². The molecule has 54 heavy (non-hydrogen) atoms. The summed E-state index contributed by atoms with van der Waals surface area (Å²) >= 11 is 0. The average molecular weight is 694 g/mol. The Morgan fingerprint density at radius 3 is 1.35 bits per heavy atom. The quantitative estimate of drug-likeness (QED) is 0.165. The van der Waals surface area contributed by atoms with E-state index in [1.165, 1.54) is 44.2 Å². The standard InChI is InChI=1S/C51H39N3/c1-51(2)46-28-16-18-30-49(46)54-48-29-17-15-27-44(48)45-33-37(34-47(51)50(45)54)36-31-42(52(38-19-7-3-8-20-38)39-21-9-4-10-22-39)35-43(32-36)53(40-23-11-5-12-24-40)41-25-13-6-14-26-41/h3-35H,1-2H3. The largest absolute Gasteiger partial charge is 0.310 e. The van der Waals surface area contributed by atoms with Gasteiger partial charge in [-0.3, -0.25) is 0 Å². The first-order valence-corrected chi connectivity index (χ1v) is 18.7. The molecule has 8 aromatic carbocycles. The van der Waals surface area contributed by atoms with Gasteiger partial charge >= 0.3 is 0 Å². The van der Waals surface area contributed by atoms with Crippen LogP contribution in [-0.2, 0) is 5.41 Å². The van der Waals surface area contributed by atoms with Gasteiger partial charge in [-0.25, -0.2) is 0 Å². The first kappa shape index (κ1) is 31.9. The monoisotopic (exact) mass is 693 g/mol. The van der Waals surface area contributed by atoms with E-state index in [0.29, 0.717) is 0 Å². The van der Waals surface area contributed by atoms with E-state index in [4.69, 9.17) is 0 Å². The Kier molecular flexibility index (Phi) is 7.48. The molecule has 1 aliphatic heterocycles. The lowest BCUT2D eigenvalue weighted by atomic mass is 9.74. The topological polar surface area (TPSA) is 11.4 Å². The van der Waals surface area contributed by atoms with Crippen LogP contribution >= 0.6 is 0 Å². The Hall–Kier alpha value is -6.84. The van der Waals surface area contributed by atoms with Crippen molar-refractivity contribution in [1.82, 2.24) is 4.57 Å². The van der Waals surface area contributed by atoms with Crippen LogP contribution in [0.1, 0.15) is 25.0 Å². The Labute approximate surface area is 316 Å². The fourth-order valence-electron chi connectivity index (χ4n) is 8.56. The zero-order chi connectivity index (χ0) is 36.2. The highest BCUT2D eigenvalue weighted by Crippen LogP contribution is 2.50. The summed E-state index contributed by atoms with van der Waals surface area (Å²) in [6.45, 7) is 4.76. The number of hydrogen-bond acceptors (Lipinski definition) is 2. The van der Waals surface area contributed by atoms with Crippen molar-refractivity contribution in [2.75, 3.05) is 9.80 Å². The van der Waals surface area contributed by atoms with Crippen molar-refractivity contribution in [1.29, 1.82) is 0 Å². The normalized spacial score (nSPS) is 12.8. The molecule has 0 spiro atoms. The summed E-state index contributed by atoms with van der Waals surface area (Å²) in [7, 11) is 0. The van der Waals surface area contributed by atoms with Gasteiger partial charge in [0.25, 0.3) is 0 Å². The highest BCUT2D eigenvalue weighted by molar-refractivity contribution is 6.13. The number of anilines is 6. The molecule has 0 saturated carbocycles. The molecule has 2 heterocycles. The second kappa shape index (κ2) is 12.7. The fraction of sp³-hybridized carbons (Fsp3) is 0.0588. The van der Waals surface area contributed by atoms with Crippen molar-refractivity contribution < 1.29 is 0 Å². The third-order valence-electron chi connectivity index (χ3n) is 11.1. The van der Waals surface area contributed by atoms with E-state index in [9.17, 15) is 0 Å². The van der Waals surface area contributed by atoms with Gasteiger partial charge < -0.3 is 14.4 Å². The second-order valence-electron chi connectivity index (χ2n) is 14.7. The highest BCUT2D eigenvalue weighted by atomic mass is 15.2. The Morgan fingerprint density at radius 2 is 0.815 bits per heavy atom. The highest BCUT2D eigenvalue weighted by Gasteiger charge is 2.35. The molecule has 0 radical (unpaired) electrons. The van der Waals surface area contributed by atoms with Gasteiger partial charge in [-0.15, -0.1) is 0 Å². The number of rotatable bonds is 7. The van der Waals surface area contributed by atoms with E-state index in [2.05, 4.69) is 228 Å². The van der Waals surface area contributed by atoms with Crippen molar-refractivity contribution in [3.63, 3.8) is 0 Å². The Morgan fingerprint density at radius 1 is 0.370 bits per heavy atom. The van der Waals surface area contributed by atoms with E-state index in [1.54, 1.807) is 0 Å². The molecule has 0 N–H and O–H groups in total. The van der Waals surface area contributed by atoms with E-state index in [-0.39, 0.29) is 5.41 Å². The van der Waals surface area contributed by atoms with Crippen molar-refractivity contribution in [2.24, 2.45) is 0 Å². The molecule has 3 nitrogen and oxygen atoms in total. The minimum Gasteiger partial charge on any atom is -0.310 e. The maximum Gasteiger partial charge on any atom is 0.0582 e. The van der Waals surface area contributed by atoms with Gasteiger partial charge in [0.15, 0.2) is 0 Å². The molecule has 0 bridgehead atoms. The molecular formula is C51H39N3. The third kappa shape index (κ3) is 5.12. The van der Waals surface area contributed by atoms with Crippen LogP contribution in [0.25, 0.3) is 38.6 Å². The fourth-order valence-corrected chi connectivity index (χ4v) is 8.56. The Bertz CT molecular complexity index is 2610. The maximum absolute atomic E-state index is 2.49. The van der Waals surface area contributed by atoms with Gasteiger partial charge in [0.1, 0.15) is 0 Å². The summed E-state index contributed by atoms with van der Waals surface area (Å²) in [4.78, 5) is 4.74. The van der Waals surface area contributed by atoms with Crippen molar-refractivity contribution in [3.8, 4) is 16.8 Å². The SMILES string of the molecule is CC1(C)c2ccccc2-n2c3ccccc3c3cc(-c4cc(N(c5ccccc5)c5ccccc5)cc(N(c5ccccc5)c5ccccc5)c4)cc1c32.